The molecule has 2 atom stereocenters. The van der Waals surface area contributed by atoms with Crippen molar-refractivity contribution < 1.29 is 19.7 Å². The van der Waals surface area contributed by atoms with Gasteiger partial charge in [0.1, 0.15) is 6.10 Å². The first-order chi connectivity index (χ1) is 9.01. The Morgan fingerprint density at radius 1 is 1.53 bits per heavy atom. The summed E-state index contributed by atoms with van der Waals surface area (Å²) >= 11 is 0. The van der Waals surface area contributed by atoms with Crippen LogP contribution in [0.25, 0.3) is 10.4 Å². The van der Waals surface area contributed by atoms with Crippen molar-refractivity contribution in [2.24, 2.45) is 5.11 Å². The van der Waals surface area contributed by atoms with Gasteiger partial charge >= 0.3 is 5.97 Å². The molecule has 19 heavy (non-hydrogen) atoms. The van der Waals surface area contributed by atoms with E-state index in [0.717, 1.165) is 0 Å². The summed E-state index contributed by atoms with van der Waals surface area (Å²) in [5, 5.41) is 22.8. The molecular formula is C12H15N3O4. The molecule has 1 aromatic rings. The highest BCUT2D eigenvalue weighted by atomic mass is 16.5. The second-order valence-electron chi connectivity index (χ2n) is 3.99. The van der Waals surface area contributed by atoms with E-state index in [1.807, 2.05) is 0 Å². The maximum absolute atomic E-state index is 11.3. The number of rotatable bonds is 5. The molecule has 0 amide bonds. The fraction of sp³-hybridized carbons (Fsp3) is 0.417. The Hall–Kier alpha value is -2.08. The molecule has 0 bridgehead atoms. The van der Waals surface area contributed by atoms with Gasteiger partial charge in [0.05, 0.1) is 25.3 Å². The molecule has 0 saturated heterocycles. The maximum Gasteiger partial charge on any atom is 0.337 e. The molecule has 2 unspecified atom stereocenters. The number of aryl methyl sites for hydroxylation is 1. The monoisotopic (exact) mass is 265 g/mol. The minimum absolute atomic E-state index is 0.226. The molecule has 7 heteroatoms. The van der Waals surface area contributed by atoms with Crippen LogP contribution in [-0.2, 0) is 4.74 Å². The summed E-state index contributed by atoms with van der Waals surface area (Å²) in [7, 11) is 1.28. The molecule has 0 spiro atoms. The van der Waals surface area contributed by atoms with E-state index in [-0.39, 0.29) is 6.54 Å². The number of carbonyl (C=O) groups excluding carboxylic acids is 1. The van der Waals surface area contributed by atoms with Gasteiger partial charge in [-0.05, 0) is 35.7 Å². The Kier molecular flexibility index (Phi) is 5.32. The number of aliphatic hydroxyl groups excluding tert-OH is 2. The third kappa shape index (κ3) is 3.69. The Balaban J connectivity index is 2.95. The van der Waals surface area contributed by atoms with Crippen LogP contribution in [0.15, 0.2) is 23.3 Å². The molecule has 0 heterocycles. The SMILES string of the molecule is COC(=O)c1ccc(C(O)C(O)CN=[N+]=[N-])c(C)c1. The lowest BCUT2D eigenvalue weighted by molar-refractivity contribution is 0.0240. The zero-order chi connectivity index (χ0) is 14.4. The van der Waals surface area contributed by atoms with Crippen LogP contribution in [0.1, 0.15) is 27.6 Å². The summed E-state index contributed by atoms with van der Waals surface area (Å²) in [5.41, 5.74) is 9.62. The van der Waals surface area contributed by atoms with Gasteiger partial charge < -0.3 is 14.9 Å². The maximum atomic E-state index is 11.3. The van der Waals surface area contributed by atoms with Crippen molar-refractivity contribution in [2.75, 3.05) is 13.7 Å². The van der Waals surface area contributed by atoms with Crippen molar-refractivity contribution in [1.82, 2.24) is 0 Å². The van der Waals surface area contributed by atoms with E-state index in [4.69, 9.17) is 5.53 Å². The lowest BCUT2D eigenvalue weighted by Crippen LogP contribution is -2.22. The highest BCUT2D eigenvalue weighted by Gasteiger charge is 2.20. The molecule has 1 rings (SSSR count). The summed E-state index contributed by atoms with van der Waals surface area (Å²) in [6.45, 7) is 1.47. The fourth-order valence-corrected chi connectivity index (χ4v) is 1.68. The number of nitrogens with zero attached hydrogens (tertiary/aromatic N) is 3. The highest BCUT2D eigenvalue weighted by Crippen LogP contribution is 2.22. The largest absolute Gasteiger partial charge is 0.465 e. The number of carbonyl (C=O) groups is 1. The molecule has 0 saturated carbocycles. The predicted molar refractivity (Wildman–Crippen MR) is 67.5 cm³/mol. The molecule has 1 aromatic carbocycles. The summed E-state index contributed by atoms with van der Waals surface area (Å²) in [5.74, 6) is -0.473. The smallest absolute Gasteiger partial charge is 0.337 e. The summed E-state index contributed by atoms with van der Waals surface area (Å²) in [6.07, 6.45) is -2.38. The van der Waals surface area contributed by atoms with Crippen LogP contribution in [0, 0.1) is 6.92 Å². The van der Waals surface area contributed by atoms with Gasteiger partial charge in [0.25, 0.3) is 0 Å². The number of hydrogen-bond acceptors (Lipinski definition) is 5. The minimum atomic E-state index is -1.20. The standard InChI is InChI=1S/C12H15N3O4/c1-7-5-8(12(18)19-2)3-4-9(7)11(17)10(16)6-14-15-13/h3-5,10-11,16-17H,6H2,1-2H3. The third-order valence-electron chi connectivity index (χ3n) is 2.71. The van der Waals surface area contributed by atoms with Crippen LogP contribution in [-0.4, -0.2) is 35.9 Å². The van der Waals surface area contributed by atoms with E-state index in [0.29, 0.717) is 16.7 Å². The molecule has 0 aliphatic carbocycles. The number of benzene rings is 1. The summed E-state index contributed by atoms with van der Waals surface area (Å²) < 4.78 is 4.59. The molecular weight excluding hydrogens is 250 g/mol. The van der Waals surface area contributed by atoms with Gasteiger partial charge in [-0.25, -0.2) is 4.79 Å². The molecule has 102 valence electrons. The second-order valence-corrected chi connectivity index (χ2v) is 3.99. The van der Waals surface area contributed by atoms with Crippen molar-refractivity contribution in [1.29, 1.82) is 0 Å². The van der Waals surface area contributed by atoms with Crippen LogP contribution in [0.3, 0.4) is 0 Å². The van der Waals surface area contributed by atoms with E-state index >= 15 is 0 Å². The number of esters is 1. The van der Waals surface area contributed by atoms with Gasteiger partial charge in [0.15, 0.2) is 0 Å². The number of azide groups is 1. The molecule has 7 nitrogen and oxygen atoms in total. The highest BCUT2D eigenvalue weighted by molar-refractivity contribution is 5.89. The third-order valence-corrected chi connectivity index (χ3v) is 2.71. The quantitative estimate of drug-likeness (QED) is 0.363. The van der Waals surface area contributed by atoms with Gasteiger partial charge in [-0.1, -0.05) is 11.2 Å². The van der Waals surface area contributed by atoms with Gasteiger partial charge in [0, 0.05) is 4.91 Å². The molecule has 0 aromatic heterocycles. The minimum Gasteiger partial charge on any atom is -0.465 e. The van der Waals surface area contributed by atoms with Crippen LogP contribution >= 0.6 is 0 Å². The number of ether oxygens (including phenoxy) is 1. The van der Waals surface area contributed by atoms with Crippen LogP contribution in [0.4, 0.5) is 0 Å². The van der Waals surface area contributed by atoms with Gasteiger partial charge in [-0.2, -0.15) is 0 Å². The van der Waals surface area contributed by atoms with Crippen molar-refractivity contribution in [3.8, 4) is 0 Å². The Morgan fingerprint density at radius 3 is 2.74 bits per heavy atom. The zero-order valence-electron chi connectivity index (χ0n) is 10.6. The summed E-state index contributed by atoms with van der Waals surface area (Å²) in [4.78, 5) is 13.8. The van der Waals surface area contributed by atoms with Crippen molar-refractivity contribution in [3.05, 3.63) is 45.3 Å². The molecule has 0 fully saturated rings. The van der Waals surface area contributed by atoms with Crippen LogP contribution in [0.5, 0.6) is 0 Å². The fourth-order valence-electron chi connectivity index (χ4n) is 1.68. The molecule has 0 aliphatic rings. The van der Waals surface area contributed by atoms with Crippen molar-refractivity contribution in [2.45, 2.75) is 19.1 Å². The first-order valence-electron chi connectivity index (χ1n) is 5.57. The Morgan fingerprint density at radius 2 is 2.21 bits per heavy atom. The summed E-state index contributed by atoms with van der Waals surface area (Å²) in [6, 6.07) is 4.59. The first-order valence-corrected chi connectivity index (χ1v) is 5.57. The van der Waals surface area contributed by atoms with Gasteiger partial charge in [0.2, 0.25) is 0 Å². The lowest BCUT2D eigenvalue weighted by Gasteiger charge is -2.18. The number of aliphatic hydroxyl groups is 2. The van der Waals surface area contributed by atoms with E-state index in [1.165, 1.54) is 19.2 Å². The Labute approximate surface area is 110 Å². The van der Waals surface area contributed by atoms with Crippen molar-refractivity contribution in [3.63, 3.8) is 0 Å². The topological polar surface area (TPSA) is 116 Å². The van der Waals surface area contributed by atoms with Crippen LogP contribution in [0.2, 0.25) is 0 Å². The number of hydrogen-bond donors (Lipinski definition) is 2. The van der Waals surface area contributed by atoms with E-state index in [9.17, 15) is 15.0 Å². The lowest BCUT2D eigenvalue weighted by atomic mass is 9.97. The Bertz CT molecular complexity index is 512. The molecule has 0 aliphatic heterocycles. The zero-order valence-corrected chi connectivity index (χ0v) is 10.6. The van der Waals surface area contributed by atoms with E-state index in [2.05, 4.69) is 14.8 Å². The molecule has 0 radical (unpaired) electrons. The first kappa shape index (κ1) is 15.0. The van der Waals surface area contributed by atoms with Gasteiger partial charge in [-0.15, -0.1) is 0 Å². The second kappa shape index (κ2) is 6.75. The molecule has 2 N–H and O–H groups in total. The van der Waals surface area contributed by atoms with E-state index < -0.39 is 18.2 Å². The van der Waals surface area contributed by atoms with Crippen LogP contribution < -0.4 is 0 Å². The predicted octanol–water partition coefficient (Wildman–Crippen LogP) is 1.49. The average molecular weight is 265 g/mol. The average Bonchev–Trinajstić information content (AvgIpc) is 2.42. The normalized spacial score (nSPS) is 13.3. The van der Waals surface area contributed by atoms with Gasteiger partial charge in [-0.3, -0.25) is 0 Å². The van der Waals surface area contributed by atoms with E-state index in [1.54, 1.807) is 13.0 Å². The van der Waals surface area contributed by atoms with Crippen molar-refractivity contribution >= 4 is 5.97 Å². The number of methoxy groups -OCH3 is 1.